The van der Waals surface area contributed by atoms with Crippen LogP contribution >= 0.6 is 11.3 Å². The molecule has 0 spiro atoms. The van der Waals surface area contributed by atoms with Crippen molar-refractivity contribution < 1.29 is 18.3 Å². The normalized spacial score (nSPS) is 13.3. The van der Waals surface area contributed by atoms with Gasteiger partial charge in [-0.1, -0.05) is 19.9 Å². The summed E-state index contributed by atoms with van der Waals surface area (Å²) < 4.78 is 26.2. The van der Waals surface area contributed by atoms with Crippen molar-refractivity contribution in [2.24, 2.45) is 5.92 Å². The molecule has 0 aliphatic rings. The number of carbonyl (C=O) groups is 1. The minimum atomic E-state index is -3.52. The highest BCUT2D eigenvalue weighted by atomic mass is 32.2. The minimum Gasteiger partial charge on any atom is -0.391 e. The smallest absolute Gasteiger partial charge is 0.250 e. The molecule has 1 rings (SSSR count). The molecule has 0 aliphatic carbocycles. The van der Waals surface area contributed by atoms with Crippen molar-refractivity contribution in [3.8, 4) is 0 Å². The summed E-state index contributed by atoms with van der Waals surface area (Å²) in [7, 11) is -3.52. The monoisotopic (exact) mass is 334 g/mol. The van der Waals surface area contributed by atoms with Crippen molar-refractivity contribution in [3.05, 3.63) is 17.5 Å². The number of nitrogens with one attached hydrogen (secondary N) is 2. The lowest BCUT2D eigenvalue weighted by Crippen LogP contribution is -2.35. The van der Waals surface area contributed by atoms with E-state index in [1.54, 1.807) is 11.4 Å². The first kappa shape index (κ1) is 18.1. The second-order valence-electron chi connectivity index (χ2n) is 5.17. The molecule has 120 valence electrons. The second-order valence-corrected chi connectivity index (χ2v) is 8.11. The highest BCUT2D eigenvalue weighted by Crippen LogP contribution is 2.14. The zero-order valence-corrected chi connectivity index (χ0v) is 13.8. The van der Waals surface area contributed by atoms with Crippen LogP contribution in [0, 0.1) is 5.92 Å². The van der Waals surface area contributed by atoms with Crippen LogP contribution in [0.4, 0.5) is 0 Å². The van der Waals surface area contributed by atoms with Crippen LogP contribution < -0.4 is 10.0 Å². The van der Waals surface area contributed by atoms with E-state index in [1.807, 2.05) is 13.8 Å². The molecule has 1 heterocycles. The topological polar surface area (TPSA) is 95.5 Å². The molecule has 1 amide bonds. The molecule has 1 unspecified atom stereocenters. The zero-order chi connectivity index (χ0) is 15.9. The molecule has 0 aliphatic heterocycles. The lowest BCUT2D eigenvalue weighted by molar-refractivity contribution is -0.121. The third-order valence-corrected chi connectivity index (χ3v) is 5.54. The van der Waals surface area contributed by atoms with Crippen molar-refractivity contribution in [2.45, 2.75) is 37.0 Å². The quantitative estimate of drug-likeness (QED) is 0.626. The van der Waals surface area contributed by atoms with Gasteiger partial charge in [0.2, 0.25) is 15.9 Å². The number of sulfonamides is 1. The lowest BCUT2D eigenvalue weighted by Gasteiger charge is -2.13. The fourth-order valence-corrected chi connectivity index (χ4v) is 3.80. The third kappa shape index (κ3) is 7.03. The maximum atomic E-state index is 11.8. The maximum absolute atomic E-state index is 11.8. The van der Waals surface area contributed by atoms with Crippen LogP contribution in [0.15, 0.2) is 21.7 Å². The summed E-state index contributed by atoms with van der Waals surface area (Å²) >= 11 is 1.12. The fourth-order valence-electron chi connectivity index (χ4n) is 1.73. The molecule has 3 N–H and O–H groups in total. The third-order valence-electron chi connectivity index (χ3n) is 2.68. The molecule has 6 nitrogen and oxygen atoms in total. The van der Waals surface area contributed by atoms with Crippen molar-refractivity contribution in [2.75, 3.05) is 13.1 Å². The number of aliphatic hydroxyl groups is 1. The van der Waals surface area contributed by atoms with Gasteiger partial charge in [0.25, 0.3) is 0 Å². The standard InChI is InChI=1S/C13H22N2O4S2/c1-10(2)8-11(16)9-14-12(17)5-6-15-21(18,19)13-4-3-7-20-13/h3-4,7,10-11,15-16H,5-6,8-9H2,1-2H3,(H,14,17). The van der Waals surface area contributed by atoms with Crippen LogP contribution in [0.25, 0.3) is 0 Å². The Morgan fingerprint density at radius 1 is 1.43 bits per heavy atom. The summed E-state index contributed by atoms with van der Waals surface area (Å²) in [6, 6.07) is 3.16. The second kappa shape index (κ2) is 8.47. The van der Waals surface area contributed by atoms with Crippen molar-refractivity contribution in [1.82, 2.24) is 10.0 Å². The summed E-state index contributed by atoms with van der Waals surface area (Å²) in [5, 5.41) is 13.9. The summed E-state index contributed by atoms with van der Waals surface area (Å²) in [4.78, 5) is 11.6. The van der Waals surface area contributed by atoms with E-state index >= 15 is 0 Å². The molecule has 21 heavy (non-hydrogen) atoms. The lowest BCUT2D eigenvalue weighted by atomic mass is 10.1. The predicted molar refractivity (Wildman–Crippen MR) is 82.6 cm³/mol. The number of thiophene rings is 1. The Labute approximate surface area is 129 Å². The molecular weight excluding hydrogens is 312 g/mol. The first-order valence-corrected chi connectivity index (χ1v) is 9.15. The van der Waals surface area contributed by atoms with Crippen molar-refractivity contribution >= 4 is 27.3 Å². The Morgan fingerprint density at radius 2 is 2.14 bits per heavy atom. The van der Waals surface area contributed by atoms with Gasteiger partial charge < -0.3 is 10.4 Å². The fraction of sp³-hybridized carbons (Fsp3) is 0.615. The first-order valence-electron chi connectivity index (χ1n) is 6.79. The van der Waals surface area contributed by atoms with Crippen molar-refractivity contribution in [3.63, 3.8) is 0 Å². The Morgan fingerprint density at radius 3 is 2.71 bits per heavy atom. The molecule has 8 heteroatoms. The van der Waals surface area contributed by atoms with Gasteiger partial charge in [-0.15, -0.1) is 11.3 Å². The zero-order valence-electron chi connectivity index (χ0n) is 12.2. The molecule has 0 saturated carbocycles. The molecule has 1 atom stereocenters. The van der Waals surface area contributed by atoms with Gasteiger partial charge in [-0.2, -0.15) is 0 Å². The average molecular weight is 334 g/mol. The number of hydrogen-bond acceptors (Lipinski definition) is 5. The minimum absolute atomic E-state index is 0.0341. The van der Waals surface area contributed by atoms with Crippen LogP contribution in [0.3, 0.4) is 0 Å². The summed E-state index contributed by atoms with van der Waals surface area (Å²) in [5.74, 6) is 0.0705. The van der Waals surface area contributed by atoms with Gasteiger partial charge in [0.05, 0.1) is 6.10 Å². The molecule has 0 bridgehead atoms. The molecule has 0 saturated heterocycles. The Balaban J connectivity index is 2.25. The van der Waals surface area contributed by atoms with E-state index in [0.29, 0.717) is 12.3 Å². The number of carbonyl (C=O) groups excluding carboxylic acids is 1. The van der Waals surface area contributed by atoms with Crippen LogP contribution in [0.1, 0.15) is 26.7 Å². The van der Waals surface area contributed by atoms with Crippen LogP contribution in [-0.4, -0.2) is 38.6 Å². The number of amides is 1. The first-order chi connectivity index (χ1) is 9.81. The predicted octanol–water partition coefficient (Wildman–Crippen LogP) is 0.940. The van der Waals surface area contributed by atoms with Gasteiger partial charge in [0, 0.05) is 19.5 Å². The average Bonchev–Trinajstić information content (AvgIpc) is 2.90. The number of aliphatic hydroxyl groups excluding tert-OH is 1. The molecule has 0 aromatic carbocycles. The molecule has 1 aromatic rings. The highest BCUT2D eigenvalue weighted by molar-refractivity contribution is 7.91. The summed E-state index contributed by atoms with van der Waals surface area (Å²) in [6.07, 6.45) is 0.0846. The maximum Gasteiger partial charge on any atom is 0.250 e. The van der Waals surface area contributed by atoms with Gasteiger partial charge in [-0.05, 0) is 23.8 Å². The van der Waals surface area contributed by atoms with Gasteiger partial charge in [0.15, 0.2) is 0 Å². The van der Waals surface area contributed by atoms with Crippen LogP contribution in [0.2, 0.25) is 0 Å². The summed E-state index contributed by atoms with van der Waals surface area (Å²) in [6.45, 7) is 4.20. The van der Waals surface area contributed by atoms with Crippen molar-refractivity contribution in [1.29, 1.82) is 0 Å². The van der Waals surface area contributed by atoms with E-state index < -0.39 is 16.1 Å². The largest absolute Gasteiger partial charge is 0.391 e. The number of hydrogen-bond donors (Lipinski definition) is 3. The van der Waals surface area contributed by atoms with Crippen LogP contribution in [0.5, 0.6) is 0 Å². The highest BCUT2D eigenvalue weighted by Gasteiger charge is 2.15. The SMILES string of the molecule is CC(C)CC(O)CNC(=O)CCNS(=O)(=O)c1cccs1. The molecular formula is C13H22N2O4S2. The van der Waals surface area contributed by atoms with E-state index in [-0.39, 0.29) is 29.6 Å². The van der Waals surface area contributed by atoms with E-state index in [4.69, 9.17) is 0 Å². The Kier molecular flexibility index (Phi) is 7.30. The van der Waals surface area contributed by atoms with E-state index in [0.717, 1.165) is 11.3 Å². The van der Waals surface area contributed by atoms with E-state index in [9.17, 15) is 18.3 Å². The van der Waals surface area contributed by atoms with E-state index in [1.165, 1.54) is 6.07 Å². The van der Waals surface area contributed by atoms with Crippen LogP contribution in [-0.2, 0) is 14.8 Å². The van der Waals surface area contributed by atoms with Gasteiger partial charge in [0.1, 0.15) is 4.21 Å². The van der Waals surface area contributed by atoms with Gasteiger partial charge in [-0.25, -0.2) is 13.1 Å². The van der Waals surface area contributed by atoms with Gasteiger partial charge in [-0.3, -0.25) is 4.79 Å². The molecule has 0 fully saturated rings. The summed E-state index contributed by atoms with van der Waals surface area (Å²) in [5.41, 5.74) is 0. The van der Waals surface area contributed by atoms with E-state index in [2.05, 4.69) is 10.0 Å². The number of rotatable bonds is 9. The molecule has 0 radical (unpaired) electrons. The Bertz CT molecular complexity index is 526. The van der Waals surface area contributed by atoms with Gasteiger partial charge >= 0.3 is 0 Å². The molecule has 1 aromatic heterocycles. The Hall–Kier alpha value is -0.960.